The SMILES string of the molecule is O=c1ccc2c(ccc3c(=O)c4ccccc4c(=O)c32)/c1=N/O. The van der Waals surface area contributed by atoms with Gasteiger partial charge in [0.05, 0.1) is 0 Å². The molecule has 1 N–H and O–H groups in total. The van der Waals surface area contributed by atoms with Crippen LogP contribution in [-0.4, -0.2) is 5.21 Å². The fourth-order valence-corrected chi connectivity index (χ4v) is 3.07. The van der Waals surface area contributed by atoms with Gasteiger partial charge in [-0.2, -0.15) is 0 Å². The Kier molecular flexibility index (Phi) is 2.65. The Labute approximate surface area is 128 Å². The van der Waals surface area contributed by atoms with Crippen LogP contribution in [0.25, 0.3) is 32.3 Å². The predicted molar refractivity (Wildman–Crippen MR) is 87.5 cm³/mol. The first kappa shape index (κ1) is 13.3. The Balaban J connectivity index is 2.45. The molecule has 0 aliphatic rings. The largest absolute Gasteiger partial charge is 0.410 e. The van der Waals surface area contributed by atoms with Crippen molar-refractivity contribution in [3.63, 3.8) is 0 Å². The van der Waals surface area contributed by atoms with Gasteiger partial charge >= 0.3 is 0 Å². The minimum absolute atomic E-state index is 0.135. The summed E-state index contributed by atoms with van der Waals surface area (Å²) in [6.07, 6.45) is 0. The summed E-state index contributed by atoms with van der Waals surface area (Å²) in [6, 6.07) is 12.4. The zero-order valence-electron chi connectivity index (χ0n) is 11.7. The van der Waals surface area contributed by atoms with Crippen molar-refractivity contribution >= 4 is 32.3 Å². The van der Waals surface area contributed by atoms with E-state index in [1.165, 1.54) is 24.3 Å². The van der Waals surface area contributed by atoms with E-state index < -0.39 is 5.43 Å². The molecule has 0 spiro atoms. The van der Waals surface area contributed by atoms with E-state index in [1.807, 2.05) is 0 Å². The topological polar surface area (TPSA) is 83.8 Å². The van der Waals surface area contributed by atoms with Crippen LogP contribution < -0.4 is 21.6 Å². The van der Waals surface area contributed by atoms with E-state index in [-0.39, 0.29) is 21.6 Å². The molecule has 4 aromatic rings. The Hall–Kier alpha value is -3.34. The minimum Gasteiger partial charge on any atom is -0.410 e. The molecule has 0 amide bonds. The Morgan fingerprint density at radius 2 is 1.26 bits per heavy atom. The van der Waals surface area contributed by atoms with Gasteiger partial charge in [-0.3, -0.25) is 14.4 Å². The van der Waals surface area contributed by atoms with E-state index in [4.69, 9.17) is 5.21 Å². The molecule has 110 valence electrons. The van der Waals surface area contributed by atoms with Gasteiger partial charge in [0.25, 0.3) is 0 Å². The van der Waals surface area contributed by atoms with Gasteiger partial charge in [-0.05, 0) is 23.6 Å². The smallest absolute Gasteiger partial charge is 0.208 e. The van der Waals surface area contributed by atoms with Gasteiger partial charge in [0.2, 0.25) is 5.43 Å². The minimum atomic E-state index is -0.449. The summed E-state index contributed by atoms with van der Waals surface area (Å²) in [4.78, 5) is 37.2. The Morgan fingerprint density at radius 3 is 1.96 bits per heavy atom. The first-order valence-electron chi connectivity index (χ1n) is 6.93. The lowest BCUT2D eigenvalue weighted by Gasteiger charge is -2.04. The lowest BCUT2D eigenvalue weighted by Crippen LogP contribution is -2.24. The van der Waals surface area contributed by atoms with Crippen molar-refractivity contribution in [3.8, 4) is 0 Å². The molecule has 23 heavy (non-hydrogen) atoms. The molecule has 0 aliphatic carbocycles. The second-order valence-electron chi connectivity index (χ2n) is 5.30. The van der Waals surface area contributed by atoms with E-state index in [0.717, 1.165) is 0 Å². The van der Waals surface area contributed by atoms with Crippen molar-refractivity contribution < 1.29 is 5.21 Å². The highest BCUT2D eigenvalue weighted by molar-refractivity contribution is 6.11. The van der Waals surface area contributed by atoms with Crippen molar-refractivity contribution in [1.82, 2.24) is 0 Å². The van der Waals surface area contributed by atoms with Crippen molar-refractivity contribution in [2.75, 3.05) is 0 Å². The fourth-order valence-electron chi connectivity index (χ4n) is 3.07. The normalized spacial score (nSPS) is 12.4. The summed E-state index contributed by atoms with van der Waals surface area (Å²) in [5.74, 6) is 0. The molecule has 4 aromatic carbocycles. The molecule has 0 saturated carbocycles. The first-order chi connectivity index (χ1) is 11.1. The predicted octanol–water partition coefficient (Wildman–Crippen LogP) is 1.39. The molecular weight excluding hydrogens is 294 g/mol. The molecule has 0 saturated heterocycles. The third-order valence-electron chi connectivity index (χ3n) is 4.12. The maximum absolute atomic E-state index is 12.8. The molecule has 0 bridgehead atoms. The van der Waals surface area contributed by atoms with Crippen LogP contribution >= 0.6 is 0 Å². The molecule has 0 fully saturated rings. The van der Waals surface area contributed by atoms with Gasteiger partial charge in [0.15, 0.2) is 16.2 Å². The molecule has 0 radical (unpaired) electrons. The van der Waals surface area contributed by atoms with Gasteiger partial charge in [-0.15, -0.1) is 0 Å². The monoisotopic (exact) mass is 303 g/mol. The van der Waals surface area contributed by atoms with Crippen molar-refractivity contribution in [1.29, 1.82) is 0 Å². The summed E-state index contributed by atoms with van der Waals surface area (Å²) in [5.41, 5.74) is -0.955. The lowest BCUT2D eigenvalue weighted by atomic mass is 9.97. The van der Waals surface area contributed by atoms with E-state index in [1.54, 1.807) is 24.3 Å². The van der Waals surface area contributed by atoms with Crippen LogP contribution in [0, 0.1) is 0 Å². The third-order valence-corrected chi connectivity index (χ3v) is 4.12. The highest BCUT2D eigenvalue weighted by Gasteiger charge is 2.14. The van der Waals surface area contributed by atoms with Gasteiger partial charge < -0.3 is 5.21 Å². The molecule has 5 nitrogen and oxygen atoms in total. The van der Waals surface area contributed by atoms with E-state index in [0.29, 0.717) is 26.9 Å². The second kappa shape index (κ2) is 4.58. The summed E-state index contributed by atoms with van der Waals surface area (Å²) >= 11 is 0. The lowest BCUT2D eigenvalue weighted by molar-refractivity contribution is 0.302. The van der Waals surface area contributed by atoms with Crippen molar-refractivity contribution in [3.05, 3.63) is 84.6 Å². The summed E-state index contributed by atoms with van der Waals surface area (Å²) < 4.78 is 0. The van der Waals surface area contributed by atoms with Crippen molar-refractivity contribution in [2.24, 2.45) is 5.16 Å². The maximum atomic E-state index is 12.8. The zero-order chi connectivity index (χ0) is 16.1. The summed E-state index contributed by atoms with van der Waals surface area (Å²) in [6.45, 7) is 0. The van der Waals surface area contributed by atoms with Gasteiger partial charge in [-0.25, -0.2) is 0 Å². The maximum Gasteiger partial charge on any atom is 0.208 e. The molecule has 0 aromatic heterocycles. The quantitative estimate of drug-likeness (QED) is 0.230. The Bertz CT molecular complexity index is 1330. The molecule has 0 atom stereocenters. The van der Waals surface area contributed by atoms with Crippen LogP contribution in [0.2, 0.25) is 0 Å². The highest BCUT2D eigenvalue weighted by Crippen LogP contribution is 2.20. The average Bonchev–Trinajstić information content (AvgIpc) is 2.58. The fraction of sp³-hybridized carbons (Fsp3) is 0. The number of hydrogen-bond acceptors (Lipinski definition) is 5. The zero-order valence-corrected chi connectivity index (χ0v) is 11.7. The van der Waals surface area contributed by atoms with Gasteiger partial charge in [0.1, 0.15) is 0 Å². The number of hydrogen-bond donors (Lipinski definition) is 1. The van der Waals surface area contributed by atoms with Crippen LogP contribution in [0.4, 0.5) is 0 Å². The number of benzene rings is 4. The van der Waals surface area contributed by atoms with E-state index >= 15 is 0 Å². The standard InChI is InChI=1S/C18H9NO4/c20-14-8-7-9-10(16(14)19-23)5-6-13-15(9)18(22)12-4-2-1-3-11(12)17(13)21/h1-8,23H/b19-16-. The van der Waals surface area contributed by atoms with Crippen LogP contribution in [-0.2, 0) is 0 Å². The third kappa shape index (κ3) is 1.67. The summed E-state index contributed by atoms with van der Waals surface area (Å²) in [5, 5.41) is 14.0. The number of rotatable bonds is 0. The van der Waals surface area contributed by atoms with Gasteiger partial charge in [-0.1, -0.05) is 35.5 Å². The van der Waals surface area contributed by atoms with Crippen LogP contribution in [0.1, 0.15) is 0 Å². The molecule has 0 unspecified atom stereocenters. The molecule has 0 heterocycles. The van der Waals surface area contributed by atoms with Crippen LogP contribution in [0.5, 0.6) is 0 Å². The molecule has 4 rings (SSSR count). The number of nitrogens with zero attached hydrogens (tertiary/aromatic N) is 1. The van der Waals surface area contributed by atoms with E-state index in [2.05, 4.69) is 5.16 Å². The number of fused-ring (bicyclic) bond motifs is 4. The van der Waals surface area contributed by atoms with Crippen LogP contribution in [0.3, 0.4) is 0 Å². The van der Waals surface area contributed by atoms with Crippen molar-refractivity contribution in [2.45, 2.75) is 0 Å². The van der Waals surface area contributed by atoms with Crippen LogP contribution in [0.15, 0.2) is 68.1 Å². The van der Waals surface area contributed by atoms with E-state index in [9.17, 15) is 14.4 Å². The summed E-state index contributed by atoms with van der Waals surface area (Å²) in [7, 11) is 0. The molecule has 5 heteroatoms. The first-order valence-corrected chi connectivity index (χ1v) is 6.93. The molecular formula is C18H9NO4. The average molecular weight is 303 g/mol. The second-order valence-corrected chi connectivity index (χ2v) is 5.30. The molecule has 0 aliphatic heterocycles. The Morgan fingerprint density at radius 1 is 0.652 bits per heavy atom. The highest BCUT2D eigenvalue weighted by atomic mass is 16.4. The van der Waals surface area contributed by atoms with Gasteiger partial charge in [0, 0.05) is 26.9 Å².